The smallest absolute Gasteiger partial charge is 0.223 e. The van der Waals surface area contributed by atoms with Crippen molar-refractivity contribution in [3.8, 4) is 0 Å². The summed E-state index contributed by atoms with van der Waals surface area (Å²) in [6.07, 6.45) is 2.15. The number of hydrogen-bond donors (Lipinski definition) is 1. The summed E-state index contributed by atoms with van der Waals surface area (Å²) in [7, 11) is 2.17. The quantitative estimate of drug-likeness (QED) is 0.895. The summed E-state index contributed by atoms with van der Waals surface area (Å²) in [4.78, 5) is 16.8. The molecule has 110 valence electrons. The highest BCUT2D eigenvalue weighted by Crippen LogP contribution is 2.29. The average Bonchev–Trinajstić information content (AvgIpc) is 3.18. The van der Waals surface area contributed by atoms with E-state index in [1.807, 2.05) is 0 Å². The second-order valence-corrected chi connectivity index (χ2v) is 6.71. The fourth-order valence-electron chi connectivity index (χ4n) is 2.74. The Bertz CT molecular complexity index is 436. The van der Waals surface area contributed by atoms with E-state index in [9.17, 15) is 4.79 Å². The first kappa shape index (κ1) is 14.0. The lowest BCUT2D eigenvalue weighted by Crippen LogP contribution is -2.48. The molecule has 1 saturated carbocycles. The maximum absolute atomic E-state index is 11.9. The van der Waals surface area contributed by atoms with E-state index >= 15 is 0 Å². The third-order valence-electron chi connectivity index (χ3n) is 4.32. The molecule has 1 atom stereocenters. The van der Waals surface area contributed by atoms with Gasteiger partial charge in [0.25, 0.3) is 0 Å². The van der Waals surface area contributed by atoms with Crippen LogP contribution in [0.4, 0.5) is 0 Å². The Hall–Kier alpha value is -0.910. The van der Waals surface area contributed by atoms with Gasteiger partial charge in [0.15, 0.2) is 0 Å². The van der Waals surface area contributed by atoms with Crippen molar-refractivity contribution in [2.24, 2.45) is 5.92 Å². The fourth-order valence-corrected chi connectivity index (χ4v) is 3.45. The molecule has 5 heteroatoms. The molecule has 4 nitrogen and oxygen atoms in total. The fraction of sp³-hybridized carbons (Fsp3) is 0.667. The van der Waals surface area contributed by atoms with Crippen LogP contribution in [0.1, 0.15) is 24.4 Å². The molecule has 0 bridgehead atoms. The van der Waals surface area contributed by atoms with E-state index in [-0.39, 0.29) is 5.91 Å². The highest BCUT2D eigenvalue weighted by Gasteiger charge is 2.31. The molecule has 2 heterocycles. The van der Waals surface area contributed by atoms with E-state index in [1.54, 1.807) is 11.3 Å². The van der Waals surface area contributed by atoms with Crippen molar-refractivity contribution >= 4 is 17.2 Å². The Kier molecular flexibility index (Phi) is 4.38. The summed E-state index contributed by atoms with van der Waals surface area (Å²) < 4.78 is 0. The first-order chi connectivity index (χ1) is 9.74. The molecule has 0 aromatic carbocycles. The van der Waals surface area contributed by atoms with E-state index in [1.165, 1.54) is 5.56 Å². The highest BCUT2D eigenvalue weighted by atomic mass is 32.1. The van der Waals surface area contributed by atoms with Gasteiger partial charge in [-0.25, -0.2) is 0 Å². The molecule has 1 aliphatic carbocycles. The monoisotopic (exact) mass is 293 g/mol. The first-order valence-electron chi connectivity index (χ1n) is 7.46. The van der Waals surface area contributed by atoms with Gasteiger partial charge in [-0.05, 0) is 42.3 Å². The van der Waals surface area contributed by atoms with Crippen LogP contribution < -0.4 is 5.32 Å². The van der Waals surface area contributed by atoms with Crippen LogP contribution in [0, 0.1) is 5.92 Å². The van der Waals surface area contributed by atoms with E-state index in [0.717, 1.165) is 45.6 Å². The van der Waals surface area contributed by atoms with E-state index in [0.29, 0.717) is 12.0 Å². The standard InChI is InChI=1S/C15H23N3OS/c1-17-5-7-18(8-6-17)14(13-4-9-20-11-13)10-16-15(19)12-2-3-12/h4,9,11-12,14H,2-3,5-8,10H2,1H3,(H,16,19). The summed E-state index contributed by atoms with van der Waals surface area (Å²) >= 11 is 1.74. The van der Waals surface area contributed by atoms with Crippen LogP contribution >= 0.6 is 11.3 Å². The zero-order valence-corrected chi connectivity index (χ0v) is 12.9. The molecule has 1 aromatic rings. The van der Waals surface area contributed by atoms with Crippen LogP contribution in [0.5, 0.6) is 0 Å². The van der Waals surface area contributed by atoms with Gasteiger partial charge in [0, 0.05) is 38.6 Å². The zero-order chi connectivity index (χ0) is 13.9. The molecule has 0 radical (unpaired) electrons. The number of likely N-dealkylation sites (N-methyl/N-ethyl adjacent to an activating group) is 1. The van der Waals surface area contributed by atoms with Crippen LogP contribution in [-0.4, -0.2) is 55.5 Å². The van der Waals surface area contributed by atoms with Crippen molar-refractivity contribution in [1.29, 1.82) is 0 Å². The molecule has 1 saturated heterocycles. The van der Waals surface area contributed by atoms with E-state index < -0.39 is 0 Å². The van der Waals surface area contributed by atoms with Gasteiger partial charge in [0.05, 0.1) is 6.04 Å². The number of hydrogen-bond acceptors (Lipinski definition) is 4. The predicted molar refractivity (Wildman–Crippen MR) is 81.9 cm³/mol. The minimum atomic E-state index is 0.249. The summed E-state index contributed by atoms with van der Waals surface area (Å²) in [6.45, 7) is 5.12. The molecular formula is C15H23N3OS. The lowest BCUT2D eigenvalue weighted by Gasteiger charge is -2.38. The minimum Gasteiger partial charge on any atom is -0.354 e. The Morgan fingerprint density at radius 1 is 1.40 bits per heavy atom. The van der Waals surface area contributed by atoms with Crippen molar-refractivity contribution in [2.75, 3.05) is 39.8 Å². The molecule has 1 N–H and O–H groups in total. The van der Waals surface area contributed by atoms with Crippen molar-refractivity contribution in [1.82, 2.24) is 15.1 Å². The SMILES string of the molecule is CN1CCN(C(CNC(=O)C2CC2)c2ccsc2)CC1. The van der Waals surface area contributed by atoms with Gasteiger partial charge in [-0.2, -0.15) is 11.3 Å². The van der Waals surface area contributed by atoms with E-state index in [2.05, 4.69) is 39.0 Å². The molecule has 1 aliphatic heterocycles. The number of nitrogens with one attached hydrogen (secondary N) is 1. The van der Waals surface area contributed by atoms with Gasteiger partial charge in [-0.1, -0.05) is 0 Å². The molecular weight excluding hydrogens is 270 g/mol. The number of carbonyl (C=O) groups excluding carboxylic acids is 1. The summed E-state index contributed by atoms with van der Waals surface area (Å²) in [6, 6.07) is 2.52. The number of carbonyl (C=O) groups is 1. The summed E-state index contributed by atoms with van der Waals surface area (Å²) in [5.74, 6) is 0.546. The average molecular weight is 293 g/mol. The van der Waals surface area contributed by atoms with E-state index in [4.69, 9.17) is 0 Å². The maximum Gasteiger partial charge on any atom is 0.223 e. The second-order valence-electron chi connectivity index (χ2n) is 5.93. The van der Waals surface area contributed by atoms with Crippen molar-refractivity contribution in [3.63, 3.8) is 0 Å². The Morgan fingerprint density at radius 2 is 2.15 bits per heavy atom. The molecule has 20 heavy (non-hydrogen) atoms. The Labute approximate surface area is 124 Å². The maximum atomic E-state index is 11.9. The Balaban J connectivity index is 1.62. The third kappa shape index (κ3) is 3.40. The molecule has 3 rings (SSSR count). The number of thiophene rings is 1. The van der Waals surface area contributed by atoms with Crippen LogP contribution in [0.2, 0.25) is 0 Å². The molecule has 1 unspecified atom stereocenters. The number of amides is 1. The van der Waals surface area contributed by atoms with Gasteiger partial charge in [0.2, 0.25) is 5.91 Å². The largest absolute Gasteiger partial charge is 0.354 e. The normalized spacial score (nSPS) is 22.6. The van der Waals surface area contributed by atoms with Crippen LogP contribution in [-0.2, 0) is 4.79 Å². The second kappa shape index (κ2) is 6.24. The van der Waals surface area contributed by atoms with Crippen LogP contribution in [0.25, 0.3) is 0 Å². The van der Waals surface area contributed by atoms with Crippen LogP contribution in [0.3, 0.4) is 0 Å². The topological polar surface area (TPSA) is 35.6 Å². The minimum absolute atomic E-state index is 0.249. The lowest BCUT2D eigenvalue weighted by atomic mass is 10.1. The molecule has 2 fully saturated rings. The highest BCUT2D eigenvalue weighted by molar-refractivity contribution is 7.07. The zero-order valence-electron chi connectivity index (χ0n) is 12.0. The first-order valence-corrected chi connectivity index (χ1v) is 8.40. The molecule has 1 amide bonds. The van der Waals surface area contributed by atoms with Crippen molar-refractivity contribution < 1.29 is 4.79 Å². The van der Waals surface area contributed by atoms with Gasteiger partial charge >= 0.3 is 0 Å². The predicted octanol–water partition coefficient (Wildman–Crippen LogP) is 1.56. The van der Waals surface area contributed by atoms with Gasteiger partial charge in [0.1, 0.15) is 0 Å². The number of nitrogens with zero attached hydrogens (tertiary/aromatic N) is 2. The Morgan fingerprint density at radius 3 is 2.75 bits per heavy atom. The van der Waals surface area contributed by atoms with Crippen LogP contribution in [0.15, 0.2) is 16.8 Å². The molecule has 2 aliphatic rings. The molecule has 1 aromatic heterocycles. The van der Waals surface area contributed by atoms with Gasteiger partial charge < -0.3 is 10.2 Å². The third-order valence-corrected chi connectivity index (χ3v) is 5.03. The number of rotatable bonds is 5. The van der Waals surface area contributed by atoms with Gasteiger partial charge in [-0.3, -0.25) is 9.69 Å². The number of piperazine rings is 1. The van der Waals surface area contributed by atoms with Crippen molar-refractivity contribution in [2.45, 2.75) is 18.9 Å². The lowest BCUT2D eigenvalue weighted by molar-refractivity contribution is -0.122. The molecule has 0 spiro atoms. The van der Waals surface area contributed by atoms with Crippen molar-refractivity contribution in [3.05, 3.63) is 22.4 Å². The van der Waals surface area contributed by atoms with Gasteiger partial charge in [-0.15, -0.1) is 0 Å². The summed E-state index contributed by atoms with van der Waals surface area (Å²) in [5.41, 5.74) is 1.34. The summed E-state index contributed by atoms with van der Waals surface area (Å²) in [5, 5.41) is 7.49.